The van der Waals surface area contributed by atoms with Gasteiger partial charge in [-0.15, -0.1) is 0 Å². The van der Waals surface area contributed by atoms with E-state index in [-0.39, 0.29) is 5.57 Å². The van der Waals surface area contributed by atoms with Crippen molar-refractivity contribution in [3.05, 3.63) is 124 Å². The highest BCUT2D eigenvalue weighted by atomic mass is 16.5. The van der Waals surface area contributed by atoms with Crippen LogP contribution in [0.15, 0.2) is 96.6 Å². The monoisotopic (exact) mass is 562 g/mol. The molecule has 1 saturated heterocycles. The number of urea groups is 1. The Kier molecular flexibility index (Phi) is 8.34. The molecular weight excluding hydrogens is 532 g/mol. The van der Waals surface area contributed by atoms with Crippen LogP contribution in [-0.2, 0) is 22.8 Å². The Bertz CT molecular complexity index is 1660. The van der Waals surface area contributed by atoms with Crippen molar-refractivity contribution in [3.8, 4) is 17.2 Å². The Morgan fingerprint density at radius 1 is 0.738 bits per heavy atom. The normalized spacial score (nSPS) is 14.1. The van der Waals surface area contributed by atoms with Gasteiger partial charge in [-0.25, -0.2) is 9.69 Å². The zero-order chi connectivity index (χ0) is 29.6. The molecule has 0 bridgehead atoms. The summed E-state index contributed by atoms with van der Waals surface area (Å²) in [4.78, 5) is 39.6. The number of barbiturate groups is 1. The molecule has 0 unspecified atom stereocenters. The Morgan fingerprint density at radius 3 is 2.19 bits per heavy atom. The first-order chi connectivity index (χ1) is 20.3. The van der Waals surface area contributed by atoms with Crippen molar-refractivity contribution in [3.63, 3.8) is 0 Å². The molecule has 0 atom stereocenters. The van der Waals surface area contributed by atoms with E-state index >= 15 is 0 Å². The maximum absolute atomic E-state index is 13.4. The molecule has 1 heterocycles. The summed E-state index contributed by atoms with van der Waals surface area (Å²) in [5.41, 5.74) is 5.07. The van der Waals surface area contributed by atoms with E-state index in [4.69, 9.17) is 14.2 Å². The van der Waals surface area contributed by atoms with Crippen molar-refractivity contribution in [1.29, 1.82) is 0 Å². The molecule has 4 aromatic carbocycles. The first kappa shape index (κ1) is 28.2. The number of carbonyl (C=O) groups excluding carboxylic acids is 3. The van der Waals surface area contributed by atoms with Crippen LogP contribution in [0.4, 0.5) is 10.5 Å². The lowest BCUT2D eigenvalue weighted by molar-refractivity contribution is -0.122. The highest BCUT2D eigenvalue weighted by Gasteiger charge is 2.36. The van der Waals surface area contributed by atoms with E-state index < -0.39 is 17.8 Å². The summed E-state index contributed by atoms with van der Waals surface area (Å²) in [6.45, 7) is 4.84. The van der Waals surface area contributed by atoms with E-state index in [0.717, 1.165) is 16.0 Å². The first-order valence-electron chi connectivity index (χ1n) is 13.4. The molecule has 0 aliphatic carbocycles. The molecule has 0 saturated carbocycles. The Hall–Kier alpha value is -5.37. The van der Waals surface area contributed by atoms with Crippen molar-refractivity contribution < 1.29 is 28.6 Å². The Morgan fingerprint density at radius 2 is 1.48 bits per heavy atom. The number of anilines is 1. The van der Waals surface area contributed by atoms with E-state index in [1.165, 1.54) is 24.3 Å². The molecule has 4 aromatic rings. The van der Waals surface area contributed by atoms with Crippen LogP contribution in [0.2, 0.25) is 0 Å². The molecule has 8 heteroatoms. The van der Waals surface area contributed by atoms with E-state index in [0.29, 0.717) is 41.7 Å². The van der Waals surface area contributed by atoms with Gasteiger partial charge in [-0.05, 0) is 84.1 Å². The van der Waals surface area contributed by atoms with Gasteiger partial charge in [-0.3, -0.25) is 14.9 Å². The molecule has 1 aliphatic heterocycles. The number of hydrogen-bond donors (Lipinski definition) is 1. The van der Waals surface area contributed by atoms with Crippen molar-refractivity contribution >= 4 is 29.6 Å². The molecule has 212 valence electrons. The molecule has 1 aliphatic rings. The highest BCUT2D eigenvalue weighted by molar-refractivity contribution is 6.39. The third-order valence-corrected chi connectivity index (χ3v) is 6.91. The number of nitrogens with one attached hydrogen (secondary N) is 1. The van der Waals surface area contributed by atoms with Gasteiger partial charge in [0.1, 0.15) is 24.5 Å². The maximum Gasteiger partial charge on any atom is 0.335 e. The van der Waals surface area contributed by atoms with Crippen LogP contribution in [0.1, 0.15) is 27.8 Å². The first-order valence-corrected chi connectivity index (χ1v) is 13.4. The predicted molar refractivity (Wildman–Crippen MR) is 159 cm³/mol. The number of benzene rings is 4. The fourth-order valence-electron chi connectivity index (χ4n) is 4.44. The van der Waals surface area contributed by atoms with Crippen molar-refractivity contribution in [2.45, 2.75) is 27.1 Å². The summed E-state index contributed by atoms with van der Waals surface area (Å²) in [5, 5.41) is 2.25. The summed E-state index contributed by atoms with van der Waals surface area (Å²) in [5.74, 6) is 0.0135. The van der Waals surface area contributed by atoms with Crippen molar-refractivity contribution in [1.82, 2.24) is 5.32 Å². The van der Waals surface area contributed by atoms with Crippen LogP contribution >= 0.6 is 0 Å². The third-order valence-electron chi connectivity index (χ3n) is 6.91. The SMILES string of the molecule is COc1cc(/C=C2\C(=O)NC(=O)N(c3ccc(OCc4ccccc4)cc3)C2=O)ccc1OCc1ccc(C)c(C)c1. The van der Waals surface area contributed by atoms with Gasteiger partial charge in [0.15, 0.2) is 11.5 Å². The predicted octanol–water partition coefficient (Wildman–Crippen LogP) is 6.14. The Balaban J connectivity index is 1.31. The molecule has 42 heavy (non-hydrogen) atoms. The van der Waals surface area contributed by atoms with Crippen LogP contribution in [0.5, 0.6) is 17.2 Å². The summed E-state index contributed by atoms with van der Waals surface area (Å²) < 4.78 is 17.3. The molecule has 0 spiro atoms. The second kappa shape index (κ2) is 12.4. The standard InChI is InChI=1S/C34H30N2O6/c1-22-9-10-26(17-23(22)2)21-42-30-16-11-25(19-31(30)40-3)18-29-32(37)35-34(39)36(33(29)38)27-12-14-28(15-13-27)41-20-24-7-5-4-6-8-24/h4-19H,20-21H2,1-3H3,(H,35,37,39)/b29-18+. The zero-order valence-electron chi connectivity index (χ0n) is 23.5. The van der Waals surface area contributed by atoms with Gasteiger partial charge >= 0.3 is 6.03 Å². The lowest BCUT2D eigenvalue weighted by Crippen LogP contribution is -2.54. The van der Waals surface area contributed by atoms with Crippen molar-refractivity contribution in [2.75, 3.05) is 12.0 Å². The van der Waals surface area contributed by atoms with Crippen LogP contribution in [0.3, 0.4) is 0 Å². The molecular formula is C34H30N2O6. The average Bonchev–Trinajstić information content (AvgIpc) is 3.00. The summed E-state index contributed by atoms with van der Waals surface area (Å²) in [7, 11) is 1.52. The van der Waals surface area contributed by atoms with Gasteiger partial charge in [-0.2, -0.15) is 0 Å². The van der Waals surface area contributed by atoms with Gasteiger partial charge in [0.2, 0.25) is 0 Å². The number of ether oxygens (including phenoxy) is 3. The van der Waals surface area contributed by atoms with Gasteiger partial charge in [0.25, 0.3) is 11.8 Å². The fraction of sp³-hybridized carbons (Fsp3) is 0.147. The minimum atomic E-state index is -0.826. The van der Waals surface area contributed by atoms with Gasteiger partial charge in [-0.1, -0.05) is 54.6 Å². The van der Waals surface area contributed by atoms with Crippen LogP contribution in [0, 0.1) is 13.8 Å². The Labute approximate surface area is 244 Å². The lowest BCUT2D eigenvalue weighted by Gasteiger charge is -2.26. The molecule has 1 N–H and O–H groups in total. The number of nitrogens with zero attached hydrogens (tertiary/aromatic N) is 1. The number of aryl methyl sites for hydroxylation is 2. The van der Waals surface area contributed by atoms with Crippen LogP contribution in [0.25, 0.3) is 6.08 Å². The quantitative estimate of drug-likeness (QED) is 0.195. The van der Waals surface area contributed by atoms with E-state index in [1.807, 2.05) is 36.4 Å². The number of imide groups is 2. The molecule has 0 aromatic heterocycles. The molecule has 1 fully saturated rings. The smallest absolute Gasteiger partial charge is 0.335 e. The van der Waals surface area contributed by atoms with E-state index in [1.54, 1.807) is 42.5 Å². The second-order valence-electron chi connectivity index (χ2n) is 9.84. The zero-order valence-corrected chi connectivity index (χ0v) is 23.5. The van der Waals surface area contributed by atoms with E-state index in [2.05, 4.69) is 31.3 Å². The van der Waals surface area contributed by atoms with Crippen molar-refractivity contribution in [2.24, 2.45) is 0 Å². The number of hydrogen-bond acceptors (Lipinski definition) is 6. The molecule has 0 radical (unpaired) electrons. The topological polar surface area (TPSA) is 94.2 Å². The lowest BCUT2D eigenvalue weighted by atomic mass is 10.1. The van der Waals surface area contributed by atoms with Gasteiger partial charge < -0.3 is 14.2 Å². The minimum Gasteiger partial charge on any atom is -0.493 e. The number of amides is 4. The molecule has 5 rings (SSSR count). The largest absolute Gasteiger partial charge is 0.493 e. The molecule has 8 nitrogen and oxygen atoms in total. The second-order valence-corrected chi connectivity index (χ2v) is 9.84. The summed E-state index contributed by atoms with van der Waals surface area (Å²) >= 11 is 0. The molecule has 4 amide bonds. The third kappa shape index (κ3) is 6.33. The number of carbonyl (C=O) groups is 3. The number of methoxy groups -OCH3 is 1. The van der Waals surface area contributed by atoms with Crippen LogP contribution in [-0.4, -0.2) is 25.0 Å². The van der Waals surface area contributed by atoms with E-state index in [9.17, 15) is 14.4 Å². The van der Waals surface area contributed by atoms with Gasteiger partial charge in [0, 0.05) is 0 Å². The number of rotatable bonds is 9. The maximum atomic E-state index is 13.4. The average molecular weight is 563 g/mol. The van der Waals surface area contributed by atoms with Crippen LogP contribution < -0.4 is 24.4 Å². The summed E-state index contributed by atoms with van der Waals surface area (Å²) in [6.07, 6.45) is 1.42. The minimum absolute atomic E-state index is 0.190. The van der Waals surface area contributed by atoms with Gasteiger partial charge in [0.05, 0.1) is 12.8 Å². The summed E-state index contributed by atoms with van der Waals surface area (Å²) in [6, 6.07) is 26.6. The highest BCUT2D eigenvalue weighted by Crippen LogP contribution is 2.31. The fourth-order valence-corrected chi connectivity index (χ4v) is 4.44.